The van der Waals surface area contributed by atoms with Gasteiger partial charge in [-0.25, -0.2) is 4.98 Å². The van der Waals surface area contributed by atoms with E-state index in [4.69, 9.17) is 21.9 Å². The molecule has 2 heterocycles. The van der Waals surface area contributed by atoms with Gasteiger partial charge in [0.25, 0.3) is 0 Å². The molecule has 0 amide bonds. The Hall–Kier alpha value is -2.91. The quantitative estimate of drug-likeness (QED) is 0.380. The molecule has 3 aromatic rings. The molecule has 0 bridgehead atoms. The Bertz CT molecular complexity index is 955. The first-order chi connectivity index (χ1) is 14.0. The standard InChI is InChI=1S/C20H30N8O/c1-3-4-9-24-19-18-16(25-20(23)26-19)12-28(27-18)11-14-6-5-13(10-17(14)29-2)15(22)7-8-21/h5-6,10,12,15H,3-4,7-9,11,21-22H2,1-2H3,(H3,23,24,25,26). The Kier molecular flexibility index (Phi) is 6.84. The summed E-state index contributed by atoms with van der Waals surface area (Å²) in [6.45, 7) is 4.03. The van der Waals surface area contributed by atoms with E-state index < -0.39 is 0 Å². The van der Waals surface area contributed by atoms with Crippen LogP contribution in [0.25, 0.3) is 11.0 Å². The van der Waals surface area contributed by atoms with E-state index in [2.05, 4.69) is 27.3 Å². The van der Waals surface area contributed by atoms with Crippen LogP contribution in [0.1, 0.15) is 43.4 Å². The van der Waals surface area contributed by atoms with Gasteiger partial charge in [-0.05, 0) is 31.0 Å². The lowest BCUT2D eigenvalue weighted by Crippen LogP contribution is -2.15. The molecule has 0 saturated carbocycles. The van der Waals surface area contributed by atoms with E-state index in [-0.39, 0.29) is 12.0 Å². The Morgan fingerprint density at radius 2 is 2.10 bits per heavy atom. The zero-order valence-corrected chi connectivity index (χ0v) is 17.1. The Morgan fingerprint density at radius 1 is 1.28 bits per heavy atom. The summed E-state index contributed by atoms with van der Waals surface area (Å²) in [5.41, 5.74) is 21.1. The second-order valence-electron chi connectivity index (χ2n) is 7.03. The summed E-state index contributed by atoms with van der Waals surface area (Å²) in [5, 5.41) is 7.97. The number of fused-ring (bicyclic) bond motifs is 1. The number of hydrogen-bond acceptors (Lipinski definition) is 8. The molecule has 0 radical (unpaired) electrons. The van der Waals surface area contributed by atoms with Crippen LogP contribution in [-0.2, 0) is 6.54 Å². The van der Waals surface area contributed by atoms with E-state index in [1.54, 1.807) is 7.11 Å². The van der Waals surface area contributed by atoms with Crippen LogP contribution in [0.4, 0.5) is 11.8 Å². The molecule has 0 saturated heterocycles. The lowest BCUT2D eigenvalue weighted by Gasteiger charge is -2.15. The topological polar surface area (TPSA) is 143 Å². The van der Waals surface area contributed by atoms with Gasteiger partial charge in [-0.1, -0.05) is 25.5 Å². The molecule has 0 aliphatic heterocycles. The third-order valence-electron chi connectivity index (χ3n) is 4.80. The molecule has 156 valence electrons. The van der Waals surface area contributed by atoms with Gasteiger partial charge in [0.15, 0.2) is 11.3 Å². The maximum atomic E-state index is 6.18. The highest BCUT2D eigenvalue weighted by Gasteiger charge is 2.14. The fraction of sp³-hybridized carbons (Fsp3) is 0.450. The monoisotopic (exact) mass is 398 g/mol. The number of hydrogen-bond donors (Lipinski definition) is 4. The normalized spacial score (nSPS) is 12.3. The molecule has 7 N–H and O–H groups in total. The summed E-state index contributed by atoms with van der Waals surface area (Å²) in [4.78, 5) is 8.62. The van der Waals surface area contributed by atoms with Gasteiger partial charge in [-0.2, -0.15) is 10.1 Å². The molecule has 29 heavy (non-hydrogen) atoms. The van der Waals surface area contributed by atoms with Crippen LogP contribution in [0.5, 0.6) is 5.75 Å². The minimum absolute atomic E-state index is 0.106. The predicted molar refractivity (Wildman–Crippen MR) is 116 cm³/mol. The van der Waals surface area contributed by atoms with Crippen molar-refractivity contribution in [3.8, 4) is 5.75 Å². The summed E-state index contributed by atoms with van der Waals surface area (Å²) in [6.07, 6.45) is 4.73. The molecule has 0 aliphatic carbocycles. The van der Waals surface area contributed by atoms with Gasteiger partial charge in [0, 0.05) is 18.2 Å². The van der Waals surface area contributed by atoms with Crippen LogP contribution in [-0.4, -0.2) is 39.9 Å². The predicted octanol–water partition coefficient (Wildman–Crippen LogP) is 2.03. The molecule has 1 aromatic carbocycles. The van der Waals surface area contributed by atoms with E-state index in [0.29, 0.717) is 29.9 Å². The maximum absolute atomic E-state index is 6.18. The second kappa shape index (κ2) is 9.53. The molecular weight excluding hydrogens is 368 g/mol. The Morgan fingerprint density at radius 3 is 2.83 bits per heavy atom. The Labute approximate surface area is 170 Å². The number of methoxy groups -OCH3 is 1. The van der Waals surface area contributed by atoms with E-state index in [0.717, 1.165) is 42.7 Å². The molecule has 9 nitrogen and oxygen atoms in total. The fourth-order valence-corrected chi connectivity index (χ4v) is 3.21. The van der Waals surface area contributed by atoms with Crippen LogP contribution in [0.3, 0.4) is 0 Å². The highest BCUT2D eigenvalue weighted by Crippen LogP contribution is 2.26. The first-order valence-corrected chi connectivity index (χ1v) is 9.92. The van der Waals surface area contributed by atoms with E-state index in [1.807, 2.05) is 29.1 Å². The van der Waals surface area contributed by atoms with E-state index in [1.165, 1.54) is 0 Å². The van der Waals surface area contributed by atoms with Crippen LogP contribution in [0.15, 0.2) is 24.4 Å². The van der Waals surface area contributed by atoms with Crippen molar-refractivity contribution in [1.29, 1.82) is 0 Å². The summed E-state index contributed by atoms with van der Waals surface area (Å²) in [5.74, 6) is 1.66. The van der Waals surface area contributed by atoms with Gasteiger partial charge in [-0.3, -0.25) is 4.68 Å². The number of nitrogen functional groups attached to an aromatic ring is 1. The first-order valence-electron chi connectivity index (χ1n) is 9.92. The van der Waals surface area contributed by atoms with Gasteiger partial charge in [-0.15, -0.1) is 0 Å². The summed E-state index contributed by atoms with van der Waals surface area (Å²) in [7, 11) is 1.65. The molecule has 0 fully saturated rings. The van der Waals surface area contributed by atoms with Gasteiger partial charge < -0.3 is 27.3 Å². The maximum Gasteiger partial charge on any atom is 0.222 e. The minimum Gasteiger partial charge on any atom is -0.496 e. The van der Waals surface area contributed by atoms with Crippen molar-refractivity contribution in [2.45, 2.75) is 38.8 Å². The molecule has 3 rings (SSSR count). The van der Waals surface area contributed by atoms with Gasteiger partial charge in [0.1, 0.15) is 11.3 Å². The average molecular weight is 399 g/mol. The van der Waals surface area contributed by atoms with Crippen molar-refractivity contribution in [2.24, 2.45) is 11.5 Å². The second-order valence-corrected chi connectivity index (χ2v) is 7.03. The summed E-state index contributed by atoms with van der Waals surface area (Å²) < 4.78 is 7.40. The molecule has 0 aliphatic rings. The average Bonchev–Trinajstić information content (AvgIpc) is 3.10. The highest BCUT2D eigenvalue weighted by atomic mass is 16.5. The van der Waals surface area contributed by atoms with Crippen LogP contribution in [0.2, 0.25) is 0 Å². The fourth-order valence-electron chi connectivity index (χ4n) is 3.21. The number of ether oxygens (including phenoxy) is 1. The zero-order valence-electron chi connectivity index (χ0n) is 17.1. The number of anilines is 2. The summed E-state index contributed by atoms with van der Waals surface area (Å²) in [6, 6.07) is 5.88. The number of nitrogens with two attached hydrogens (primary N) is 3. The van der Waals surface area contributed by atoms with Crippen molar-refractivity contribution in [3.05, 3.63) is 35.5 Å². The molecule has 1 atom stereocenters. The molecular formula is C20H30N8O. The number of benzene rings is 1. The van der Waals surface area contributed by atoms with Gasteiger partial charge in [0.2, 0.25) is 5.95 Å². The van der Waals surface area contributed by atoms with Gasteiger partial charge >= 0.3 is 0 Å². The molecule has 2 aromatic heterocycles. The third kappa shape index (κ3) is 4.93. The lowest BCUT2D eigenvalue weighted by atomic mass is 10.0. The molecule has 1 unspecified atom stereocenters. The third-order valence-corrected chi connectivity index (χ3v) is 4.80. The number of aromatic nitrogens is 4. The first kappa shape index (κ1) is 20.8. The van der Waals surface area contributed by atoms with Crippen LogP contribution in [0, 0.1) is 0 Å². The largest absolute Gasteiger partial charge is 0.496 e. The number of nitrogens with zero attached hydrogens (tertiary/aromatic N) is 4. The van der Waals surface area contributed by atoms with E-state index in [9.17, 15) is 0 Å². The Balaban J connectivity index is 1.87. The highest BCUT2D eigenvalue weighted by molar-refractivity contribution is 5.85. The lowest BCUT2D eigenvalue weighted by molar-refractivity contribution is 0.406. The van der Waals surface area contributed by atoms with Gasteiger partial charge in [0.05, 0.1) is 19.9 Å². The molecule has 0 spiro atoms. The minimum atomic E-state index is -0.106. The van der Waals surface area contributed by atoms with Crippen molar-refractivity contribution >= 4 is 22.8 Å². The van der Waals surface area contributed by atoms with Crippen molar-refractivity contribution in [1.82, 2.24) is 19.7 Å². The van der Waals surface area contributed by atoms with Crippen molar-refractivity contribution in [3.63, 3.8) is 0 Å². The number of unbranched alkanes of at least 4 members (excludes halogenated alkanes) is 1. The van der Waals surface area contributed by atoms with Crippen LogP contribution < -0.4 is 27.3 Å². The van der Waals surface area contributed by atoms with Crippen molar-refractivity contribution < 1.29 is 4.74 Å². The zero-order chi connectivity index (χ0) is 20.8. The number of rotatable bonds is 10. The molecule has 9 heteroatoms. The SMILES string of the molecule is CCCCNc1nc(N)nc2cn(Cc3ccc(C(N)CCN)cc3OC)nc12. The smallest absolute Gasteiger partial charge is 0.222 e. The summed E-state index contributed by atoms with van der Waals surface area (Å²) >= 11 is 0. The van der Waals surface area contributed by atoms with E-state index >= 15 is 0 Å². The van der Waals surface area contributed by atoms with Crippen molar-refractivity contribution in [2.75, 3.05) is 31.2 Å². The van der Waals surface area contributed by atoms with Crippen LogP contribution >= 0.6 is 0 Å². The number of nitrogens with one attached hydrogen (secondary N) is 1.